The number of hydrogen-bond donors (Lipinski definition) is 1. The molecule has 1 aromatic heterocycles. The van der Waals surface area contributed by atoms with E-state index in [1.165, 1.54) is 12.8 Å². The summed E-state index contributed by atoms with van der Waals surface area (Å²) in [6, 6.07) is 0. The van der Waals surface area contributed by atoms with Gasteiger partial charge in [-0.1, -0.05) is 0 Å². The molecular weight excluding hydrogens is 164 g/mol. The second-order valence-electron chi connectivity index (χ2n) is 3.23. The molecule has 0 radical (unpaired) electrons. The van der Waals surface area contributed by atoms with Gasteiger partial charge in [0.05, 0.1) is 12.2 Å². The van der Waals surface area contributed by atoms with Crippen molar-refractivity contribution in [2.45, 2.75) is 19.4 Å². The highest BCUT2D eigenvalue weighted by atomic mass is 15.5. The number of rotatable bonds is 2. The third kappa shape index (κ3) is 2.47. The minimum atomic E-state index is 0.855. The van der Waals surface area contributed by atoms with Crippen LogP contribution in [0.1, 0.15) is 18.5 Å². The maximum atomic E-state index is 4.23. The van der Waals surface area contributed by atoms with E-state index in [4.69, 9.17) is 0 Å². The van der Waals surface area contributed by atoms with Gasteiger partial charge in [0.25, 0.3) is 0 Å². The summed E-state index contributed by atoms with van der Waals surface area (Å²) in [6.07, 6.45) is 7.80. The number of aromatic nitrogens is 2. The highest BCUT2D eigenvalue weighted by molar-refractivity contribution is 4.93. The summed E-state index contributed by atoms with van der Waals surface area (Å²) < 4.78 is 0. The van der Waals surface area contributed by atoms with Gasteiger partial charge in [-0.2, -0.15) is 0 Å². The van der Waals surface area contributed by atoms with E-state index in [-0.39, 0.29) is 0 Å². The van der Waals surface area contributed by atoms with E-state index in [1.807, 2.05) is 6.20 Å². The van der Waals surface area contributed by atoms with Crippen LogP contribution in [0.3, 0.4) is 0 Å². The molecule has 0 aromatic carbocycles. The molecule has 13 heavy (non-hydrogen) atoms. The van der Waals surface area contributed by atoms with Crippen molar-refractivity contribution in [2.24, 2.45) is 0 Å². The minimum Gasteiger partial charge on any atom is -0.261 e. The van der Waals surface area contributed by atoms with Gasteiger partial charge in [0.2, 0.25) is 0 Å². The Morgan fingerprint density at radius 2 is 2.38 bits per heavy atom. The first-order valence-electron chi connectivity index (χ1n) is 4.68. The molecular formula is C9H14N4. The van der Waals surface area contributed by atoms with Gasteiger partial charge >= 0.3 is 0 Å². The molecule has 2 rings (SSSR count). The summed E-state index contributed by atoms with van der Waals surface area (Å²) in [4.78, 5) is 8.26. The molecule has 4 heteroatoms. The van der Waals surface area contributed by atoms with Crippen molar-refractivity contribution in [1.29, 1.82) is 0 Å². The molecule has 0 spiro atoms. The molecule has 2 heterocycles. The van der Waals surface area contributed by atoms with Crippen LogP contribution in [0, 0.1) is 0 Å². The smallest absolute Gasteiger partial charge is 0.0741 e. The van der Waals surface area contributed by atoms with Gasteiger partial charge in [0, 0.05) is 31.7 Å². The highest BCUT2D eigenvalue weighted by Crippen LogP contribution is 2.03. The molecule has 0 amide bonds. The van der Waals surface area contributed by atoms with Crippen LogP contribution in [-0.2, 0) is 6.54 Å². The van der Waals surface area contributed by atoms with Crippen molar-refractivity contribution in [3.05, 3.63) is 24.3 Å². The molecule has 4 nitrogen and oxygen atoms in total. The Morgan fingerprint density at radius 3 is 3.08 bits per heavy atom. The van der Waals surface area contributed by atoms with Crippen LogP contribution < -0.4 is 5.43 Å². The Bertz CT molecular complexity index is 243. The standard InChI is InChI=1S/C9H14N4/c1-2-6-13(12-3-1)8-9-7-10-4-5-11-9/h4-5,7,12H,1-3,6,8H2. The lowest BCUT2D eigenvalue weighted by Crippen LogP contribution is -2.42. The van der Waals surface area contributed by atoms with Crippen LogP contribution in [0.25, 0.3) is 0 Å². The lowest BCUT2D eigenvalue weighted by Gasteiger charge is -2.26. The van der Waals surface area contributed by atoms with Crippen molar-refractivity contribution >= 4 is 0 Å². The Kier molecular flexibility index (Phi) is 2.84. The molecule has 0 atom stereocenters. The maximum Gasteiger partial charge on any atom is 0.0741 e. The summed E-state index contributed by atoms with van der Waals surface area (Å²) in [6.45, 7) is 3.05. The fourth-order valence-electron chi connectivity index (χ4n) is 1.49. The van der Waals surface area contributed by atoms with E-state index in [9.17, 15) is 0 Å². The molecule has 1 aliphatic heterocycles. The summed E-state index contributed by atoms with van der Waals surface area (Å²) in [7, 11) is 0. The number of hydrazine groups is 1. The first-order chi connectivity index (χ1) is 6.45. The van der Waals surface area contributed by atoms with E-state index < -0.39 is 0 Å². The average molecular weight is 178 g/mol. The van der Waals surface area contributed by atoms with Gasteiger partial charge < -0.3 is 0 Å². The van der Waals surface area contributed by atoms with E-state index >= 15 is 0 Å². The van der Waals surface area contributed by atoms with Crippen molar-refractivity contribution in [1.82, 2.24) is 20.4 Å². The zero-order valence-corrected chi connectivity index (χ0v) is 7.61. The van der Waals surface area contributed by atoms with Crippen molar-refractivity contribution in [3.8, 4) is 0 Å². The van der Waals surface area contributed by atoms with Gasteiger partial charge in [-0.3, -0.25) is 15.4 Å². The van der Waals surface area contributed by atoms with Gasteiger partial charge in [0.15, 0.2) is 0 Å². The topological polar surface area (TPSA) is 41.1 Å². The predicted octanol–water partition coefficient (Wildman–Crippen LogP) is 0.577. The van der Waals surface area contributed by atoms with E-state index in [0.717, 1.165) is 25.3 Å². The Balaban J connectivity index is 1.90. The average Bonchev–Trinajstić information content (AvgIpc) is 2.21. The highest BCUT2D eigenvalue weighted by Gasteiger charge is 2.09. The number of nitrogens with one attached hydrogen (secondary N) is 1. The zero-order valence-electron chi connectivity index (χ0n) is 7.61. The summed E-state index contributed by atoms with van der Waals surface area (Å²) >= 11 is 0. The van der Waals surface area contributed by atoms with E-state index in [0.29, 0.717) is 0 Å². The molecule has 0 saturated carbocycles. The van der Waals surface area contributed by atoms with Gasteiger partial charge in [-0.25, -0.2) is 5.01 Å². The molecule has 0 bridgehead atoms. The van der Waals surface area contributed by atoms with Crippen molar-refractivity contribution < 1.29 is 0 Å². The first kappa shape index (κ1) is 8.59. The SMILES string of the molecule is c1cnc(CN2CCCCN2)cn1. The second kappa shape index (κ2) is 4.30. The molecule has 70 valence electrons. The van der Waals surface area contributed by atoms with Crippen LogP contribution in [0.4, 0.5) is 0 Å². The lowest BCUT2D eigenvalue weighted by molar-refractivity contribution is 0.142. The molecule has 0 aliphatic carbocycles. The zero-order chi connectivity index (χ0) is 8.93. The fraction of sp³-hybridized carbons (Fsp3) is 0.556. The Morgan fingerprint density at radius 1 is 1.38 bits per heavy atom. The molecule has 1 aliphatic rings. The predicted molar refractivity (Wildman–Crippen MR) is 49.7 cm³/mol. The van der Waals surface area contributed by atoms with E-state index in [2.05, 4.69) is 20.4 Å². The first-order valence-corrected chi connectivity index (χ1v) is 4.68. The molecule has 1 saturated heterocycles. The van der Waals surface area contributed by atoms with Crippen LogP contribution in [0.2, 0.25) is 0 Å². The van der Waals surface area contributed by atoms with Crippen LogP contribution in [-0.4, -0.2) is 28.1 Å². The van der Waals surface area contributed by atoms with Crippen molar-refractivity contribution in [2.75, 3.05) is 13.1 Å². The maximum absolute atomic E-state index is 4.23. The van der Waals surface area contributed by atoms with Crippen LogP contribution in [0.15, 0.2) is 18.6 Å². The molecule has 1 fully saturated rings. The van der Waals surface area contributed by atoms with Gasteiger partial charge in [-0.15, -0.1) is 0 Å². The largest absolute Gasteiger partial charge is 0.261 e. The summed E-state index contributed by atoms with van der Waals surface area (Å²) in [5, 5.41) is 2.20. The van der Waals surface area contributed by atoms with Crippen LogP contribution >= 0.6 is 0 Å². The fourth-order valence-corrected chi connectivity index (χ4v) is 1.49. The minimum absolute atomic E-state index is 0.855. The third-order valence-electron chi connectivity index (χ3n) is 2.16. The second-order valence-corrected chi connectivity index (χ2v) is 3.23. The van der Waals surface area contributed by atoms with Crippen molar-refractivity contribution in [3.63, 3.8) is 0 Å². The van der Waals surface area contributed by atoms with Gasteiger partial charge in [0.1, 0.15) is 0 Å². The monoisotopic (exact) mass is 178 g/mol. The molecule has 1 aromatic rings. The number of nitrogens with zero attached hydrogens (tertiary/aromatic N) is 3. The number of hydrogen-bond acceptors (Lipinski definition) is 4. The van der Waals surface area contributed by atoms with Crippen LogP contribution in [0.5, 0.6) is 0 Å². The normalized spacial score (nSPS) is 18.8. The molecule has 1 N–H and O–H groups in total. The van der Waals surface area contributed by atoms with E-state index in [1.54, 1.807) is 12.4 Å². The lowest BCUT2D eigenvalue weighted by atomic mass is 10.2. The Hall–Kier alpha value is -1.00. The Labute approximate surface area is 78.0 Å². The molecule has 0 unspecified atom stereocenters. The summed E-state index contributed by atoms with van der Waals surface area (Å²) in [5.74, 6) is 0. The van der Waals surface area contributed by atoms with Gasteiger partial charge in [-0.05, 0) is 12.8 Å². The third-order valence-corrected chi connectivity index (χ3v) is 2.16. The summed E-state index contributed by atoms with van der Waals surface area (Å²) in [5.41, 5.74) is 4.36. The quantitative estimate of drug-likeness (QED) is 0.719.